The van der Waals surface area contributed by atoms with Gasteiger partial charge in [0.2, 0.25) is 11.0 Å². The van der Waals surface area contributed by atoms with Crippen LogP contribution < -0.4 is 5.32 Å². The normalized spacial score (nSPS) is 16.2. The van der Waals surface area contributed by atoms with Gasteiger partial charge in [0.05, 0.1) is 5.75 Å². The summed E-state index contributed by atoms with van der Waals surface area (Å²) < 4.78 is 14.9. The molecule has 1 amide bonds. The van der Waals surface area contributed by atoms with Crippen LogP contribution in [0.5, 0.6) is 0 Å². The first-order valence-electron chi connectivity index (χ1n) is 9.10. The van der Waals surface area contributed by atoms with Crippen molar-refractivity contribution >= 4 is 45.9 Å². The van der Waals surface area contributed by atoms with E-state index in [0.717, 1.165) is 20.8 Å². The monoisotopic (exact) mass is 446 g/mol. The second-order valence-electron chi connectivity index (χ2n) is 6.33. The number of thioether (sulfide) groups is 2. The number of hydrogen-bond donors (Lipinski definition) is 1. The molecular weight excluding hydrogens is 427 g/mol. The molecule has 1 fully saturated rings. The van der Waals surface area contributed by atoms with Crippen LogP contribution in [-0.4, -0.2) is 39.1 Å². The third-order valence-corrected chi connectivity index (χ3v) is 7.64. The fourth-order valence-corrected chi connectivity index (χ4v) is 5.91. The van der Waals surface area contributed by atoms with E-state index in [-0.39, 0.29) is 22.9 Å². The molecule has 150 valence electrons. The lowest BCUT2D eigenvalue weighted by atomic mass is 10.2. The number of benzene rings is 2. The molecule has 0 radical (unpaired) electrons. The molecule has 9 heteroatoms. The van der Waals surface area contributed by atoms with Crippen LogP contribution in [-0.2, 0) is 11.3 Å². The molecule has 5 nitrogen and oxygen atoms in total. The summed E-state index contributed by atoms with van der Waals surface area (Å²) in [5, 5.41) is 12.0. The molecule has 1 saturated heterocycles. The van der Waals surface area contributed by atoms with E-state index in [4.69, 9.17) is 0 Å². The van der Waals surface area contributed by atoms with E-state index in [1.807, 2.05) is 30.3 Å². The Morgan fingerprint density at radius 3 is 2.79 bits per heavy atom. The molecular formula is C20H19FN4OS3. The van der Waals surface area contributed by atoms with Crippen LogP contribution in [0, 0.1) is 5.82 Å². The second kappa shape index (κ2) is 9.60. The third-order valence-electron chi connectivity index (χ3n) is 4.39. The quantitative estimate of drug-likeness (QED) is 0.533. The maximum atomic E-state index is 14.1. The minimum Gasteiger partial charge on any atom is -0.356 e. The highest BCUT2D eigenvalue weighted by atomic mass is 32.2. The van der Waals surface area contributed by atoms with E-state index in [0.29, 0.717) is 18.7 Å². The maximum Gasteiger partial charge on any atom is 0.234 e. The van der Waals surface area contributed by atoms with E-state index in [1.54, 1.807) is 34.9 Å². The lowest BCUT2D eigenvalue weighted by molar-refractivity contribution is -0.128. The third kappa shape index (κ3) is 5.09. The van der Waals surface area contributed by atoms with Gasteiger partial charge in [0.1, 0.15) is 11.2 Å². The zero-order chi connectivity index (χ0) is 20.1. The fraction of sp³-hybridized carbons (Fsp3) is 0.250. The molecule has 1 atom stereocenters. The highest BCUT2D eigenvalue weighted by molar-refractivity contribution is 8.01. The van der Waals surface area contributed by atoms with Crippen molar-refractivity contribution in [2.45, 2.75) is 16.3 Å². The van der Waals surface area contributed by atoms with Crippen LogP contribution in [0.3, 0.4) is 0 Å². The number of carbonyl (C=O) groups is 1. The Balaban J connectivity index is 1.31. The van der Waals surface area contributed by atoms with Gasteiger partial charge < -0.3 is 10.2 Å². The van der Waals surface area contributed by atoms with Crippen molar-refractivity contribution in [1.82, 2.24) is 15.1 Å². The Kier molecular flexibility index (Phi) is 6.68. The molecule has 0 saturated carbocycles. The fourth-order valence-electron chi connectivity index (χ4n) is 2.98. The van der Waals surface area contributed by atoms with Crippen molar-refractivity contribution in [2.75, 3.05) is 23.4 Å². The smallest absolute Gasteiger partial charge is 0.234 e. The molecule has 1 aliphatic heterocycles. The minimum absolute atomic E-state index is 0.0118. The first-order chi connectivity index (χ1) is 14.2. The van der Waals surface area contributed by atoms with Crippen LogP contribution in [0.4, 0.5) is 9.52 Å². The molecule has 2 aromatic carbocycles. The predicted octanol–water partition coefficient (Wildman–Crippen LogP) is 4.66. The number of hydrogen-bond acceptors (Lipinski definition) is 7. The van der Waals surface area contributed by atoms with Gasteiger partial charge in [-0.15, -0.1) is 22.0 Å². The summed E-state index contributed by atoms with van der Waals surface area (Å²) in [6.45, 7) is 1.30. The number of rotatable bonds is 7. The number of nitrogens with one attached hydrogen (secondary N) is 1. The van der Waals surface area contributed by atoms with Gasteiger partial charge in [-0.05, 0) is 11.6 Å². The van der Waals surface area contributed by atoms with Gasteiger partial charge in [-0.1, -0.05) is 71.6 Å². The van der Waals surface area contributed by atoms with Crippen LogP contribution in [0.2, 0.25) is 0 Å². The average Bonchev–Trinajstić information content (AvgIpc) is 3.41. The second-order valence-corrected chi connectivity index (χ2v) is 9.72. The van der Waals surface area contributed by atoms with Gasteiger partial charge >= 0.3 is 0 Å². The van der Waals surface area contributed by atoms with E-state index in [9.17, 15) is 9.18 Å². The molecule has 1 N–H and O–H groups in total. The molecule has 3 aromatic rings. The summed E-state index contributed by atoms with van der Waals surface area (Å²) in [5.41, 5.74) is 1.73. The topological polar surface area (TPSA) is 58.1 Å². The van der Waals surface area contributed by atoms with Crippen molar-refractivity contribution in [3.8, 4) is 0 Å². The molecule has 29 heavy (non-hydrogen) atoms. The van der Waals surface area contributed by atoms with Crippen LogP contribution in [0.25, 0.3) is 0 Å². The largest absolute Gasteiger partial charge is 0.356 e. The number of anilines is 1. The first-order valence-corrected chi connectivity index (χ1v) is 12.0. The molecule has 2 heterocycles. The summed E-state index contributed by atoms with van der Waals surface area (Å²) in [5.74, 6) is 0.790. The highest BCUT2D eigenvalue weighted by Gasteiger charge is 2.32. The van der Waals surface area contributed by atoms with Crippen LogP contribution in [0.15, 0.2) is 58.9 Å². The lowest BCUT2D eigenvalue weighted by Crippen LogP contribution is -2.32. The lowest BCUT2D eigenvalue weighted by Gasteiger charge is -2.24. The molecule has 1 aromatic heterocycles. The highest BCUT2D eigenvalue weighted by Crippen LogP contribution is 2.39. The summed E-state index contributed by atoms with van der Waals surface area (Å²) in [6.07, 6.45) is 0. The Bertz CT molecular complexity index is 969. The van der Waals surface area contributed by atoms with Gasteiger partial charge in [0, 0.05) is 24.4 Å². The first kappa shape index (κ1) is 20.2. The van der Waals surface area contributed by atoms with E-state index in [1.165, 1.54) is 29.2 Å². The average molecular weight is 447 g/mol. The maximum absolute atomic E-state index is 14.1. The summed E-state index contributed by atoms with van der Waals surface area (Å²) >= 11 is 4.40. The Morgan fingerprint density at radius 2 is 1.97 bits per heavy atom. The van der Waals surface area contributed by atoms with Gasteiger partial charge in [-0.2, -0.15) is 0 Å². The zero-order valence-electron chi connectivity index (χ0n) is 15.5. The van der Waals surface area contributed by atoms with Crippen LogP contribution >= 0.6 is 34.9 Å². The van der Waals surface area contributed by atoms with Crippen molar-refractivity contribution in [3.63, 3.8) is 0 Å². The predicted molar refractivity (Wildman–Crippen MR) is 118 cm³/mol. The Morgan fingerprint density at radius 1 is 1.17 bits per heavy atom. The number of aromatic nitrogens is 2. The number of amides is 1. The van der Waals surface area contributed by atoms with Crippen molar-refractivity contribution in [3.05, 3.63) is 71.5 Å². The molecule has 0 aliphatic carbocycles. The van der Waals surface area contributed by atoms with Gasteiger partial charge in [0.15, 0.2) is 4.34 Å². The standard InChI is InChI=1S/C20H19FN4OS3/c21-16-9-5-4-8-15(16)18-25(10-11-27-18)17(26)13-28-20-24-23-19(29-20)22-12-14-6-2-1-3-7-14/h1-9,18H,10-13H2,(H,22,23)/t18-/m0/s1. The van der Waals surface area contributed by atoms with E-state index in [2.05, 4.69) is 15.5 Å². The summed E-state index contributed by atoms with van der Waals surface area (Å²) in [4.78, 5) is 14.5. The van der Waals surface area contributed by atoms with Gasteiger partial charge in [-0.25, -0.2) is 4.39 Å². The van der Waals surface area contributed by atoms with Gasteiger partial charge in [-0.3, -0.25) is 4.79 Å². The number of halogens is 1. The van der Waals surface area contributed by atoms with E-state index < -0.39 is 0 Å². The van der Waals surface area contributed by atoms with E-state index >= 15 is 0 Å². The summed E-state index contributed by atoms with van der Waals surface area (Å²) in [7, 11) is 0. The van der Waals surface area contributed by atoms with Crippen molar-refractivity contribution in [1.29, 1.82) is 0 Å². The molecule has 0 spiro atoms. The van der Waals surface area contributed by atoms with Crippen LogP contribution in [0.1, 0.15) is 16.5 Å². The SMILES string of the molecule is O=C(CSc1nnc(NCc2ccccc2)s1)N1CCS[C@H]1c1ccccc1F. The minimum atomic E-state index is -0.268. The van der Waals surface area contributed by atoms with Crippen molar-refractivity contribution in [2.24, 2.45) is 0 Å². The van der Waals surface area contributed by atoms with Crippen molar-refractivity contribution < 1.29 is 9.18 Å². The number of carbonyl (C=O) groups excluding carboxylic acids is 1. The summed E-state index contributed by atoms with van der Waals surface area (Å²) in [6, 6.07) is 16.7. The Hall–Kier alpha value is -2.10. The molecule has 1 aliphatic rings. The molecule has 4 rings (SSSR count). The zero-order valence-corrected chi connectivity index (χ0v) is 17.9. The van der Waals surface area contributed by atoms with Gasteiger partial charge in [0.25, 0.3) is 0 Å². The molecule has 0 unspecified atom stereocenters. The number of nitrogens with zero attached hydrogens (tertiary/aromatic N) is 3. The molecule has 0 bridgehead atoms. The Labute approximate surface area is 181 Å².